The fourth-order valence-electron chi connectivity index (χ4n) is 1.80. The first-order chi connectivity index (χ1) is 7.83. The molecule has 0 fully saturated rings. The second kappa shape index (κ2) is 5.04. The van der Waals surface area contributed by atoms with Crippen LogP contribution in [0.15, 0.2) is 48.5 Å². The Morgan fingerprint density at radius 2 is 1.69 bits per heavy atom. The molecule has 0 amide bonds. The van der Waals surface area contributed by atoms with Crippen LogP contribution in [0.25, 0.3) is 11.1 Å². The fraction of sp³-hybridized carbons (Fsp3) is 0.143. The van der Waals surface area contributed by atoms with Crippen LogP contribution in [0.3, 0.4) is 0 Å². The molecule has 0 aliphatic rings. The zero-order valence-electron chi connectivity index (χ0n) is 8.99. The number of hydrogen-bond donors (Lipinski definition) is 1. The molecule has 0 saturated heterocycles. The number of nitrogens with two attached hydrogens (primary N) is 1. The van der Waals surface area contributed by atoms with E-state index >= 15 is 0 Å². The zero-order chi connectivity index (χ0) is 11.4. The van der Waals surface area contributed by atoms with Gasteiger partial charge in [0.25, 0.3) is 0 Å². The van der Waals surface area contributed by atoms with Crippen molar-refractivity contribution in [1.29, 1.82) is 0 Å². The summed E-state index contributed by atoms with van der Waals surface area (Å²) in [7, 11) is 0. The molecule has 0 saturated carbocycles. The van der Waals surface area contributed by atoms with E-state index in [0.717, 1.165) is 28.8 Å². The maximum absolute atomic E-state index is 6.14. The maximum Gasteiger partial charge on any atom is 0.0426 e. The minimum absolute atomic E-state index is 0.600. The van der Waals surface area contributed by atoms with Crippen molar-refractivity contribution >= 4 is 17.3 Å². The lowest BCUT2D eigenvalue weighted by Crippen LogP contribution is -1.97. The summed E-state index contributed by atoms with van der Waals surface area (Å²) in [6.07, 6.45) is 0.814. The Balaban J connectivity index is 2.46. The Bertz CT molecular complexity index is 465. The first kappa shape index (κ1) is 11.0. The summed E-state index contributed by atoms with van der Waals surface area (Å²) in [6, 6.07) is 16.3. The zero-order valence-corrected chi connectivity index (χ0v) is 9.74. The van der Waals surface area contributed by atoms with Crippen LogP contribution in [0, 0.1) is 0 Å². The Kier molecular flexibility index (Phi) is 3.47. The van der Waals surface area contributed by atoms with Gasteiger partial charge in [-0.25, -0.2) is 0 Å². The summed E-state index contributed by atoms with van der Waals surface area (Å²) < 4.78 is 0. The third-order valence-corrected chi connectivity index (χ3v) is 2.83. The average Bonchev–Trinajstić information content (AvgIpc) is 2.33. The van der Waals surface area contributed by atoms with E-state index in [4.69, 9.17) is 17.3 Å². The molecule has 82 valence electrons. The number of aryl methyl sites for hydroxylation is 1. The van der Waals surface area contributed by atoms with Crippen molar-refractivity contribution in [1.82, 2.24) is 0 Å². The van der Waals surface area contributed by atoms with E-state index < -0.39 is 0 Å². The molecule has 0 aliphatic heterocycles. The molecule has 0 aromatic heterocycles. The number of anilines is 1. The van der Waals surface area contributed by atoms with Gasteiger partial charge in [0.05, 0.1) is 0 Å². The van der Waals surface area contributed by atoms with Crippen LogP contribution < -0.4 is 5.73 Å². The first-order valence-corrected chi connectivity index (χ1v) is 5.85. The lowest BCUT2D eigenvalue weighted by atomic mass is 9.99. The molecule has 0 aliphatic carbocycles. The second-order valence-corrected chi connectivity index (χ2v) is 4.06. The Hall–Kier alpha value is -1.47. The molecule has 0 radical (unpaired) electrons. The number of hydrogen-bond acceptors (Lipinski definition) is 1. The van der Waals surface area contributed by atoms with Gasteiger partial charge in [0.2, 0.25) is 0 Å². The van der Waals surface area contributed by atoms with Gasteiger partial charge in [-0.1, -0.05) is 48.5 Å². The SMILES string of the molecule is Nc1c(CCCl)cccc1-c1ccccc1. The van der Waals surface area contributed by atoms with E-state index in [2.05, 4.69) is 12.1 Å². The van der Waals surface area contributed by atoms with Crippen LogP contribution in [0.2, 0.25) is 0 Å². The molecule has 2 N–H and O–H groups in total. The summed E-state index contributed by atoms with van der Waals surface area (Å²) >= 11 is 5.75. The summed E-state index contributed by atoms with van der Waals surface area (Å²) in [6.45, 7) is 0. The highest BCUT2D eigenvalue weighted by molar-refractivity contribution is 6.18. The van der Waals surface area contributed by atoms with Crippen molar-refractivity contribution < 1.29 is 0 Å². The van der Waals surface area contributed by atoms with Crippen molar-refractivity contribution in [3.63, 3.8) is 0 Å². The van der Waals surface area contributed by atoms with Gasteiger partial charge in [0.15, 0.2) is 0 Å². The third-order valence-electron chi connectivity index (χ3n) is 2.65. The van der Waals surface area contributed by atoms with Gasteiger partial charge in [-0.05, 0) is 17.5 Å². The van der Waals surface area contributed by atoms with Crippen molar-refractivity contribution in [2.75, 3.05) is 11.6 Å². The van der Waals surface area contributed by atoms with Crippen LogP contribution in [0.4, 0.5) is 5.69 Å². The second-order valence-electron chi connectivity index (χ2n) is 3.68. The monoisotopic (exact) mass is 231 g/mol. The van der Waals surface area contributed by atoms with Crippen LogP contribution in [-0.2, 0) is 6.42 Å². The quantitative estimate of drug-likeness (QED) is 0.633. The van der Waals surface area contributed by atoms with Crippen LogP contribution in [0.1, 0.15) is 5.56 Å². The predicted octanol–water partition coefficient (Wildman–Crippen LogP) is 3.72. The number of halogens is 1. The number of benzene rings is 2. The van der Waals surface area contributed by atoms with Crippen LogP contribution >= 0.6 is 11.6 Å². The Labute approximate surface area is 101 Å². The van der Waals surface area contributed by atoms with Gasteiger partial charge in [-0.2, -0.15) is 0 Å². The van der Waals surface area contributed by atoms with E-state index in [9.17, 15) is 0 Å². The molecule has 1 nitrogen and oxygen atoms in total. The molecule has 0 heterocycles. The lowest BCUT2D eigenvalue weighted by molar-refractivity contribution is 1.15. The van der Waals surface area contributed by atoms with Crippen LogP contribution in [-0.4, -0.2) is 5.88 Å². The summed E-state index contributed by atoms with van der Waals surface area (Å²) in [5.74, 6) is 0.600. The number of alkyl halides is 1. The summed E-state index contributed by atoms with van der Waals surface area (Å²) in [5.41, 5.74) is 10.3. The molecular weight excluding hydrogens is 218 g/mol. The van der Waals surface area contributed by atoms with Crippen molar-refractivity contribution in [2.24, 2.45) is 0 Å². The summed E-state index contributed by atoms with van der Waals surface area (Å²) in [4.78, 5) is 0. The maximum atomic E-state index is 6.14. The topological polar surface area (TPSA) is 26.0 Å². The molecule has 2 aromatic rings. The molecule has 0 spiro atoms. The molecule has 2 aromatic carbocycles. The van der Waals surface area contributed by atoms with Crippen molar-refractivity contribution in [3.8, 4) is 11.1 Å². The molecule has 0 unspecified atom stereocenters. The van der Waals surface area contributed by atoms with E-state index in [1.54, 1.807) is 0 Å². The lowest BCUT2D eigenvalue weighted by Gasteiger charge is -2.10. The van der Waals surface area contributed by atoms with E-state index in [-0.39, 0.29) is 0 Å². The Morgan fingerprint density at radius 3 is 2.38 bits per heavy atom. The van der Waals surface area contributed by atoms with Crippen LogP contribution in [0.5, 0.6) is 0 Å². The minimum atomic E-state index is 0.600. The third kappa shape index (κ3) is 2.20. The normalized spacial score (nSPS) is 10.3. The highest BCUT2D eigenvalue weighted by Crippen LogP contribution is 2.28. The molecule has 2 rings (SSSR count). The van der Waals surface area contributed by atoms with E-state index in [0.29, 0.717) is 5.88 Å². The van der Waals surface area contributed by atoms with Gasteiger partial charge in [-0.3, -0.25) is 0 Å². The van der Waals surface area contributed by atoms with Gasteiger partial charge >= 0.3 is 0 Å². The first-order valence-electron chi connectivity index (χ1n) is 5.31. The highest BCUT2D eigenvalue weighted by Gasteiger charge is 2.05. The van der Waals surface area contributed by atoms with Gasteiger partial charge < -0.3 is 5.73 Å². The number of nitrogen functional groups attached to an aromatic ring is 1. The summed E-state index contributed by atoms with van der Waals surface area (Å²) in [5, 5.41) is 0. The van der Waals surface area contributed by atoms with Crippen molar-refractivity contribution in [3.05, 3.63) is 54.1 Å². The highest BCUT2D eigenvalue weighted by atomic mass is 35.5. The van der Waals surface area contributed by atoms with Gasteiger partial charge in [0, 0.05) is 17.1 Å². The van der Waals surface area contributed by atoms with Gasteiger partial charge in [0.1, 0.15) is 0 Å². The molecule has 16 heavy (non-hydrogen) atoms. The molecular formula is C14H14ClN. The number of para-hydroxylation sites is 1. The Morgan fingerprint density at radius 1 is 0.938 bits per heavy atom. The standard InChI is InChI=1S/C14H14ClN/c15-10-9-12-7-4-8-13(14(12)16)11-5-2-1-3-6-11/h1-8H,9-10,16H2. The molecule has 0 bridgehead atoms. The number of rotatable bonds is 3. The minimum Gasteiger partial charge on any atom is -0.398 e. The largest absolute Gasteiger partial charge is 0.398 e. The van der Waals surface area contributed by atoms with Gasteiger partial charge in [-0.15, -0.1) is 11.6 Å². The molecule has 0 atom stereocenters. The average molecular weight is 232 g/mol. The van der Waals surface area contributed by atoms with E-state index in [1.165, 1.54) is 0 Å². The molecule has 2 heteroatoms. The van der Waals surface area contributed by atoms with Crippen molar-refractivity contribution in [2.45, 2.75) is 6.42 Å². The fourth-order valence-corrected chi connectivity index (χ4v) is 2.01. The predicted molar refractivity (Wildman–Crippen MR) is 70.7 cm³/mol. The smallest absolute Gasteiger partial charge is 0.0426 e. The van der Waals surface area contributed by atoms with E-state index in [1.807, 2.05) is 36.4 Å².